The Balaban J connectivity index is 2.54. The zero-order chi connectivity index (χ0) is 15.1. The fourth-order valence-electron chi connectivity index (χ4n) is 2.03. The number of hydrogen-bond donors (Lipinski definition) is 3. The third kappa shape index (κ3) is 2.18. The van der Waals surface area contributed by atoms with Gasteiger partial charge < -0.3 is 14.9 Å². The number of aliphatic hydroxyl groups is 2. The van der Waals surface area contributed by atoms with E-state index in [0.717, 1.165) is 0 Å². The van der Waals surface area contributed by atoms with E-state index in [1.165, 1.54) is 0 Å². The molecule has 0 saturated carbocycles. The Morgan fingerprint density at radius 2 is 2.25 bits per heavy atom. The maximum Gasteiger partial charge on any atom is 0.328 e. The molecule has 4 unspecified atom stereocenters. The molecule has 1 aromatic rings. The summed E-state index contributed by atoms with van der Waals surface area (Å²) in [5.74, 6) is -1.04. The van der Waals surface area contributed by atoms with Crippen molar-refractivity contribution in [3.63, 3.8) is 0 Å². The molecule has 1 saturated heterocycles. The van der Waals surface area contributed by atoms with E-state index in [2.05, 4.69) is 12.2 Å². The van der Waals surface area contributed by atoms with Gasteiger partial charge in [-0.15, -0.1) is 0 Å². The molecular weight excluding hydrogens is 301 g/mol. The number of aliphatic hydroxyl groups excluding tert-OH is 2. The number of alkyl halides is 2. The molecule has 0 spiro atoms. The summed E-state index contributed by atoms with van der Waals surface area (Å²) in [7, 11) is 0. The van der Waals surface area contributed by atoms with Gasteiger partial charge in [-0.25, -0.2) is 18.0 Å². The van der Waals surface area contributed by atoms with E-state index in [1.807, 2.05) is 4.98 Å². The summed E-state index contributed by atoms with van der Waals surface area (Å²) in [6.45, 7) is -2.47. The van der Waals surface area contributed by atoms with E-state index in [4.69, 9.17) is 9.84 Å². The number of ether oxygens (including phenoxy) is 1. The number of nitrogens with zero attached hydrogens (tertiary/aromatic N) is 1. The van der Waals surface area contributed by atoms with E-state index < -0.39 is 53.5 Å². The van der Waals surface area contributed by atoms with Gasteiger partial charge >= 0.3 is 5.69 Å². The van der Waals surface area contributed by atoms with E-state index in [-0.39, 0.29) is 0 Å². The molecule has 3 N–H and O–H groups in total. The molecule has 1 aliphatic rings. The highest BCUT2D eigenvalue weighted by atomic mass is 32.1. The maximum absolute atomic E-state index is 14.5. The van der Waals surface area contributed by atoms with Crippen molar-refractivity contribution in [2.45, 2.75) is 24.1 Å². The third-order valence-electron chi connectivity index (χ3n) is 3.12. The van der Waals surface area contributed by atoms with Crippen LogP contribution in [0.5, 0.6) is 0 Å². The van der Waals surface area contributed by atoms with E-state index in [1.54, 1.807) is 0 Å². The van der Waals surface area contributed by atoms with Crippen LogP contribution in [0, 0.1) is 10.5 Å². The quantitative estimate of drug-likeness (QED) is 0.683. The number of nitrogens with one attached hydrogen (secondary N) is 1. The van der Waals surface area contributed by atoms with Gasteiger partial charge in [0.05, 0.1) is 12.8 Å². The van der Waals surface area contributed by atoms with Crippen molar-refractivity contribution in [1.82, 2.24) is 9.55 Å². The van der Waals surface area contributed by atoms with Gasteiger partial charge in [0.15, 0.2) is 12.0 Å². The first kappa shape index (κ1) is 15.2. The molecule has 0 amide bonds. The first-order valence-electron chi connectivity index (χ1n) is 5.55. The van der Waals surface area contributed by atoms with Crippen LogP contribution in [-0.4, -0.2) is 50.9 Å². The van der Waals surface area contributed by atoms with Gasteiger partial charge in [-0.05, 0) is 0 Å². The summed E-state index contributed by atoms with van der Waals surface area (Å²) in [5.41, 5.74) is -4.01. The summed E-state index contributed by atoms with van der Waals surface area (Å²) >= 11 is 4.49. The summed E-state index contributed by atoms with van der Waals surface area (Å²) in [5, 5.41) is 18.6. The molecule has 2 heterocycles. The number of halogens is 3. The Morgan fingerprint density at radius 3 is 2.80 bits per heavy atom. The Kier molecular flexibility index (Phi) is 4.00. The lowest BCUT2D eigenvalue weighted by Crippen LogP contribution is -2.47. The molecule has 112 valence electrons. The molecule has 10 heteroatoms. The van der Waals surface area contributed by atoms with Crippen LogP contribution in [0.1, 0.15) is 6.23 Å². The van der Waals surface area contributed by atoms with Crippen LogP contribution in [0.15, 0.2) is 11.0 Å². The third-order valence-corrected chi connectivity index (χ3v) is 3.42. The Bertz CT molecular complexity index is 621. The van der Waals surface area contributed by atoms with Crippen molar-refractivity contribution in [2.24, 2.45) is 0 Å². The van der Waals surface area contributed by atoms with Crippen molar-refractivity contribution >= 4 is 12.2 Å². The SMILES string of the molecule is O=c1[nH]c(=S)c(F)cn1C1OC(CO)C(O)C1(F)CF. The number of aromatic amines is 1. The van der Waals surface area contributed by atoms with Gasteiger partial charge in [-0.1, -0.05) is 12.2 Å². The minimum absolute atomic E-state index is 0.420. The fraction of sp³-hybridized carbons (Fsp3) is 0.600. The fourth-order valence-corrected chi connectivity index (χ4v) is 2.17. The molecular formula is C10H11F3N2O4S. The number of H-pyrrole nitrogens is 1. The Hall–Kier alpha value is -1.23. The van der Waals surface area contributed by atoms with Gasteiger partial charge in [0.1, 0.15) is 23.5 Å². The van der Waals surface area contributed by atoms with E-state index in [9.17, 15) is 23.1 Å². The molecule has 0 radical (unpaired) electrons. The van der Waals surface area contributed by atoms with Gasteiger partial charge in [0.25, 0.3) is 0 Å². The van der Waals surface area contributed by atoms with Crippen LogP contribution in [0.25, 0.3) is 0 Å². The number of hydrogen-bond acceptors (Lipinski definition) is 5. The topological polar surface area (TPSA) is 87.5 Å². The van der Waals surface area contributed by atoms with Crippen LogP contribution in [0.3, 0.4) is 0 Å². The summed E-state index contributed by atoms with van der Waals surface area (Å²) in [6, 6.07) is 0. The minimum Gasteiger partial charge on any atom is -0.394 e. The predicted octanol–water partition coefficient (Wildman–Crippen LogP) is -0.0266. The molecule has 20 heavy (non-hydrogen) atoms. The molecule has 2 rings (SSSR count). The van der Waals surface area contributed by atoms with Crippen LogP contribution < -0.4 is 5.69 Å². The van der Waals surface area contributed by atoms with Gasteiger partial charge in [-0.3, -0.25) is 9.55 Å². The largest absolute Gasteiger partial charge is 0.394 e. The van der Waals surface area contributed by atoms with E-state index in [0.29, 0.717) is 10.8 Å². The summed E-state index contributed by atoms with van der Waals surface area (Å²) in [6.07, 6.45) is -4.80. The molecule has 1 aliphatic heterocycles. The van der Waals surface area contributed by atoms with Crippen molar-refractivity contribution in [2.75, 3.05) is 13.3 Å². The monoisotopic (exact) mass is 312 g/mol. The number of aromatic nitrogens is 2. The molecule has 1 fully saturated rings. The Labute approximate surface area is 115 Å². The van der Waals surface area contributed by atoms with Crippen LogP contribution in [-0.2, 0) is 4.74 Å². The molecule has 4 atom stereocenters. The average Bonchev–Trinajstić information content (AvgIpc) is 2.67. The highest BCUT2D eigenvalue weighted by Gasteiger charge is 2.58. The van der Waals surface area contributed by atoms with Gasteiger partial charge in [0, 0.05) is 0 Å². The second kappa shape index (κ2) is 5.28. The molecule has 6 nitrogen and oxygen atoms in total. The van der Waals surface area contributed by atoms with Crippen LogP contribution in [0.4, 0.5) is 13.2 Å². The highest BCUT2D eigenvalue weighted by molar-refractivity contribution is 7.71. The molecule has 1 aromatic heterocycles. The van der Waals surface area contributed by atoms with Crippen LogP contribution >= 0.6 is 12.2 Å². The van der Waals surface area contributed by atoms with E-state index >= 15 is 0 Å². The predicted molar refractivity (Wildman–Crippen MR) is 62.7 cm³/mol. The lowest BCUT2D eigenvalue weighted by Gasteiger charge is -2.26. The second-order valence-electron chi connectivity index (χ2n) is 4.36. The molecule has 0 aliphatic carbocycles. The lowest BCUT2D eigenvalue weighted by molar-refractivity contribution is -0.0739. The van der Waals surface area contributed by atoms with Crippen molar-refractivity contribution < 1.29 is 28.1 Å². The average molecular weight is 312 g/mol. The zero-order valence-corrected chi connectivity index (χ0v) is 10.7. The minimum atomic E-state index is -2.99. The van der Waals surface area contributed by atoms with Crippen molar-refractivity contribution in [3.8, 4) is 0 Å². The zero-order valence-electron chi connectivity index (χ0n) is 9.92. The maximum atomic E-state index is 14.5. The standard InChI is InChI=1S/C10H11F3N2O4S/c11-3-10(13)6(17)5(2-16)19-8(10)15-1-4(12)7(20)14-9(15)18/h1,5-6,8,16-17H,2-3H2,(H,14,18,20). The first-order valence-corrected chi connectivity index (χ1v) is 5.96. The highest BCUT2D eigenvalue weighted by Crippen LogP contribution is 2.41. The normalized spacial score (nSPS) is 33.5. The lowest BCUT2D eigenvalue weighted by atomic mass is 9.97. The molecule has 0 aromatic carbocycles. The van der Waals surface area contributed by atoms with Gasteiger partial charge in [-0.2, -0.15) is 0 Å². The van der Waals surface area contributed by atoms with Gasteiger partial charge in [0.2, 0.25) is 5.67 Å². The summed E-state index contributed by atoms with van der Waals surface area (Å²) in [4.78, 5) is 13.6. The first-order chi connectivity index (χ1) is 9.35. The molecule has 0 bridgehead atoms. The van der Waals surface area contributed by atoms with Crippen molar-refractivity contribution in [1.29, 1.82) is 0 Å². The summed E-state index contributed by atoms with van der Waals surface area (Å²) < 4.78 is 45.6. The second-order valence-corrected chi connectivity index (χ2v) is 4.77. The Morgan fingerprint density at radius 1 is 1.60 bits per heavy atom. The smallest absolute Gasteiger partial charge is 0.328 e. The van der Waals surface area contributed by atoms with Crippen LogP contribution in [0.2, 0.25) is 0 Å². The number of rotatable bonds is 3. The van der Waals surface area contributed by atoms with Crippen molar-refractivity contribution in [3.05, 3.63) is 27.1 Å².